The van der Waals surface area contributed by atoms with Crippen LogP contribution >= 0.6 is 15.9 Å². The molecule has 2 aliphatic rings. The molecule has 1 aromatic rings. The highest BCUT2D eigenvalue weighted by atomic mass is 79.9. The molecule has 2 fully saturated rings. The summed E-state index contributed by atoms with van der Waals surface area (Å²) in [4.78, 5) is 0.200. The first kappa shape index (κ1) is 14.6. The predicted molar refractivity (Wildman–Crippen MR) is 78.7 cm³/mol. The summed E-state index contributed by atoms with van der Waals surface area (Å²) in [5.41, 5.74) is 0. The van der Waals surface area contributed by atoms with Gasteiger partial charge in [0.05, 0.1) is 6.54 Å². The summed E-state index contributed by atoms with van der Waals surface area (Å²) < 4.78 is 33.5. The van der Waals surface area contributed by atoms with Crippen LogP contribution in [0, 0.1) is 11.8 Å². The molecule has 0 amide bonds. The summed E-state index contributed by atoms with van der Waals surface area (Å²) in [5.74, 6) is 1.82. The van der Waals surface area contributed by atoms with Gasteiger partial charge < -0.3 is 9.73 Å². The van der Waals surface area contributed by atoms with Crippen molar-refractivity contribution < 1.29 is 12.8 Å². The van der Waals surface area contributed by atoms with E-state index >= 15 is 0 Å². The highest BCUT2D eigenvalue weighted by Gasteiger charge is 2.41. The first-order chi connectivity index (χ1) is 9.49. The number of hydrogen-bond acceptors (Lipinski definition) is 4. The standard InChI is InChI=1S/C13H19BrN2O3S/c1-15-7-10-6-12(13(14)19-10)20(17,18)16-11-5-8-2-3-9(11)4-8/h6,8-9,11,15-16H,2-5,7H2,1H3. The van der Waals surface area contributed by atoms with Gasteiger partial charge in [0.25, 0.3) is 0 Å². The lowest BCUT2D eigenvalue weighted by atomic mass is 9.96. The zero-order valence-electron chi connectivity index (χ0n) is 11.4. The second-order valence-electron chi connectivity index (χ2n) is 5.78. The van der Waals surface area contributed by atoms with Gasteiger partial charge in [0.2, 0.25) is 10.0 Å². The number of hydrogen-bond donors (Lipinski definition) is 2. The van der Waals surface area contributed by atoms with Crippen LogP contribution in [0.15, 0.2) is 20.0 Å². The number of sulfonamides is 1. The lowest BCUT2D eigenvalue weighted by Crippen LogP contribution is -2.38. The predicted octanol–water partition coefficient (Wildman–Crippen LogP) is 2.23. The molecule has 3 rings (SSSR count). The van der Waals surface area contributed by atoms with Gasteiger partial charge in [-0.3, -0.25) is 0 Å². The number of halogens is 1. The molecular weight excluding hydrogens is 344 g/mol. The van der Waals surface area contributed by atoms with Crippen LogP contribution < -0.4 is 10.0 Å². The van der Waals surface area contributed by atoms with Crippen molar-refractivity contribution in [3.8, 4) is 0 Å². The molecule has 1 aromatic heterocycles. The lowest BCUT2D eigenvalue weighted by molar-refractivity contribution is 0.390. The van der Waals surface area contributed by atoms with Gasteiger partial charge in [-0.1, -0.05) is 6.42 Å². The zero-order chi connectivity index (χ0) is 14.3. The average molecular weight is 363 g/mol. The van der Waals surface area contributed by atoms with Crippen LogP contribution in [0.4, 0.5) is 0 Å². The van der Waals surface area contributed by atoms with Gasteiger partial charge in [-0.15, -0.1) is 0 Å². The first-order valence-corrected chi connectivity index (χ1v) is 9.22. The summed E-state index contributed by atoms with van der Waals surface area (Å²) in [6, 6.07) is 1.67. The Labute approximate surface area is 127 Å². The van der Waals surface area contributed by atoms with Gasteiger partial charge in [0, 0.05) is 12.1 Å². The molecule has 0 radical (unpaired) electrons. The SMILES string of the molecule is CNCc1cc(S(=O)(=O)NC2CC3CCC2C3)c(Br)o1. The van der Waals surface area contributed by atoms with Gasteiger partial charge in [-0.2, -0.15) is 0 Å². The molecule has 3 atom stereocenters. The van der Waals surface area contributed by atoms with E-state index in [9.17, 15) is 8.42 Å². The summed E-state index contributed by atoms with van der Waals surface area (Å²) in [7, 11) is -1.72. The van der Waals surface area contributed by atoms with E-state index in [0.717, 1.165) is 12.8 Å². The highest BCUT2D eigenvalue weighted by Crippen LogP contribution is 2.45. The van der Waals surface area contributed by atoms with Crippen molar-refractivity contribution in [3.05, 3.63) is 16.5 Å². The number of nitrogens with one attached hydrogen (secondary N) is 2. The van der Waals surface area contributed by atoms with E-state index in [4.69, 9.17) is 4.42 Å². The molecule has 5 nitrogen and oxygen atoms in total. The van der Waals surface area contributed by atoms with Crippen LogP contribution in [-0.2, 0) is 16.6 Å². The third-order valence-electron chi connectivity index (χ3n) is 4.39. The normalized spacial score (nSPS) is 29.2. The van der Waals surface area contributed by atoms with Crippen molar-refractivity contribution in [2.24, 2.45) is 11.8 Å². The van der Waals surface area contributed by atoms with Crippen molar-refractivity contribution in [2.45, 2.75) is 43.2 Å². The molecular formula is C13H19BrN2O3S. The summed E-state index contributed by atoms with van der Waals surface area (Å²) in [6.07, 6.45) is 4.55. The van der Waals surface area contributed by atoms with E-state index in [-0.39, 0.29) is 15.6 Å². The topological polar surface area (TPSA) is 71.3 Å². The summed E-state index contributed by atoms with van der Waals surface area (Å²) in [5, 5.41) is 2.94. The second-order valence-corrected chi connectivity index (χ2v) is 8.19. The van der Waals surface area contributed by atoms with Crippen molar-refractivity contribution in [1.29, 1.82) is 0 Å². The molecule has 2 N–H and O–H groups in total. The van der Waals surface area contributed by atoms with Crippen LogP contribution in [0.1, 0.15) is 31.4 Å². The van der Waals surface area contributed by atoms with Gasteiger partial charge in [-0.05, 0) is 54.1 Å². The van der Waals surface area contributed by atoms with E-state index < -0.39 is 10.0 Å². The number of rotatable bonds is 5. The summed E-state index contributed by atoms with van der Waals surface area (Å²) in [6.45, 7) is 0.502. The fourth-order valence-electron chi connectivity index (χ4n) is 3.49. The van der Waals surface area contributed by atoms with Gasteiger partial charge >= 0.3 is 0 Å². The van der Waals surface area contributed by atoms with Crippen LogP contribution in [0.2, 0.25) is 0 Å². The Morgan fingerprint density at radius 1 is 1.40 bits per heavy atom. The van der Waals surface area contributed by atoms with Crippen molar-refractivity contribution >= 4 is 26.0 Å². The molecule has 1 heterocycles. The highest BCUT2D eigenvalue weighted by molar-refractivity contribution is 9.10. The maximum absolute atomic E-state index is 12.5. The molecule has 2 aliphatic carbocycles. The second kappa shape index (κ2) is 5.44. The third kappa shape index (κ3) is 2.68. The molecule has 2 bridgehead atoms. The quantitative estimate of drug-likeness (QED) is 0.842. The first-order valence-electron chi connectivity index (χ1n) is 6.94. The Morgan fingerprint density at radius 3 is 2.80 bits per heavy atom. The van der Waals surface area contributed by atoms with Gasteiger partial charge in [0.1, 0.15) is 10.7 Å². The van der Waals surface area contributed by atoms with Crippen LogP contribution in [-0.4, -0.2) is 21.5 Å². The smallest absolute Gasteiger partial charge is 0.245 e. The molecule has 0 aliphatic heterocycles. The van der Waals surface area contributed by atoms with Crippen LogP contribution in [0.5, 0.6) is 0 Å². The van der Waals surface area contributed by atoms with Gasteiger partial charge in [-0.25, -0.2) is 13.1 Å². The van der Waals surface area contributed by atoms with E-state index in [0.29, 0.717) is 24.1 Å². The minimum absolute atomic E-state index is 0.0910. The average Bonchev–Trinajstić information content (AvgIpc) is 3.04. The van der Waals surface area contributed by atoms with Gasteiger partial charge in [0.15, 0.2) is 4.67 Å². The molecule has 0 saturated heterocycles. The van der Waals surface area contributed by atoms with E-state index in [1.54, 1.807) is 13.1 Å². The Morgan fingerprint density at radius 2 is 2.20 bits per heavy atom. The fourth-order valence-corrected chi connectivity index (χ4v) is 5.81. The molecule has 7 heteroatoms. The van der Waals surface area contributed by atoms with E-state index in [1.165, 1.54) is 12.8 Å². The monoisotopic (exact) mass is 362 g/mol. The zero-order valence-corrected chi connectivity index (χ0v) is 13.8. The van der Waals surface area contributed by atoms with Crippen molar-refractivity contribution in [1.82, 2.24) is 10.0 Å². The van der Waals surface area contributed by atoms with Crippen molar-refractivity contribution in [3.63, 3.8) is 0 Å². The van der Waals surface area contributed by atoms with Crippen LogP contribution in [0.25, 0.3) is 0 Å². The number of fused-ring (bicyclic) bond motifs is 2. The molecule has 20 heavy (non-hydrogen) atoms. The van der Waals surface area contributed by atoms with Crippen LogP contribution in [0.3, 0.4) is 0 Å². The Kier molecular flexibility index (Phi) is 3.96. The maximum atomic E-state index is 12.5. The molecule has 3 unspecified atom stereocenters. The number of furan rings is 1. The molecule has 112 valence electrons. The molecule has 0 spiro atoms. The molecule has 2 saturated carbocycles. The van der Waals surface area contributed by atoms with E-state index in [1.807, 2.05) is 0 Å². The van der Waals surface area contributed by atoms with Crippen molar-refractivity contribution in [2.75, 3.05) is 7.05 Å². The largest absolute Gasteiger partial charge is 0.452 e. The fraction of sp³-hybridized carbons (Fsp3) is 0.692. The Hall–Kier alpha value is -0.370. The Bertz CT molecular complexity index is 599. The maximum Gasteiger partial charge on any atom is 0.245 e. The third-order valence-corrected chi connectivity index (χ3v) is 6.74. The minimum Gasteiger partial charge on any atom is -0.452 e. The summed E-state index contributed by atoms with van der Waals surface area (Å²) >= 11 is 3.20. The molecule has 0 aromatic carbocycles. The Balaban J connectivity index is 1.78. The minimum atomic E-state index is -3.51. The van der Waals surface area contributed by atoms with E-state index in [2.05, 4.69) is 26.0 Å². The lowest BCUT2D eigenvalue weighted by Gasteiger charge is -2.22.